The zero-order chi connectivity index (χ0) is 19.1. The number of aromatic nitrogens is 6. The molecule has 0 radical (unpaired) electrons. The van der Waals surface area contributed by atoms with E-state index in [1.807, 2.05) is 32.6 Å². The lowest BCUT2D eigenvalue weighted by atomic mass is 10.1. The van der Waals surface area contributed by atoms with Crippen molar-refractivity contribution in [1.29, 1.82) is 0 Å². The van der Waals surface area contributed by atoms with Gasteiger partial charge in [-0.25, -0.2) is 14.0 Å². The maximum absolute atomic E-state index is 4.84. The molecular weight excluding hydrogens is 324 g/mol. The Balaban J connectivity index is 2.15. The Morgan fingerprint density at radius 1 is 0.615 bits per heavy atom. The molecule has 0 fully saturated rings. The van der Waals surface area contributed by atoms with Gasteiger partial charge in [-0.15, -0.1) is 0 Å². The fraction of sp³-hybridized carbons (Fsp3) is 0.550. The van der Waals surface area contributed by atoms with Crippen molar-refractivity contribution < 1.29 is 0 Å². The highest BCUT2D eigenvalue weighted by molar-refractivity contribution is 5.11. The Labute approximate surface area is 155 Å². The zero-order valence-electron chi connectivity index (χ0n) is 16.9. The van der Waals surface area contributed by atoms with Crippen LogP contribution in [0.1, 0.15) is 83.3 Å². The average molecular weight is 355 g/mol. The first kappa shape index (κ1) is 18.4. The van der Waals surface area contributed by atoms with Gasteiger partial charge in [-0.05, 0) is 36.0 Å². The van der Waals surface area contributed by atoms with Gasteiger partial charge in [-0.2, -0.15) is 15.3 Å². The first-order chi connectivity index (χ1) is 12.2. The molecule has 140 valence electrons. The predicted molar refractivity (Wildman–Crippen MR) is 103 cm³/mol. The topological polar surface area (TPSA) is 53.5 Å². The van der Waals surface area contributed by atoms with Crippen LogP contribution in [0.4, 0.5) is 0 Å². The maximum Gasteiger partial charge on any atom is 0.245 e. The Bertz CT molecular complexity index is 752. The predicted octanol–water partition coefficient (Wildman–Crippen LogP) is 4.37. The summed E-state index contributed by atoms with van der Waals surface area (Å²) in [5, 5.41) is 14.5. The second-order valence-corrected chi connectivity index (χ2v) is 7.99. The number of hydrogen-bond donors (Lipinski definition) is 0. The molecule has 0 aliphatic rings. The van der Waals surface area contributed by atoms with Crippen LogP contribution in [0.3, 0.4) is 0 Å². The second kappa shape index (κ2) is 6.74. The van der Waals surface area contributed by atoms with Gasteiger partial charge in [0.15, 0.2) is 0 Å². The molecule has 6 heteroatoms. The first-order valence-electron chi connectivity index (χ1n) is 9.41. The van der Waals surface area contributed by atoms with Crippen LogP contribution in [0, 0.1) is 0 Å². The minimum atomic E-state index is -0.687. The van der Waals surface area contributed by atoms with Gasteiger partial charge in [0.1, 0.15) is 0 Å². The molecule has 0 saturated carbocycles. The Morgan fingerprint density at radius 3 is 1.08 bits per heavy atom. The van der Waals surface area contributed by atoms with Crippen molar-refractivity contribution in [3.8, 4) is 0 Å². The summed E-state index contributed by atoms with van der Waals surface area (Å²) < 4.78 is 5.86. The van der Waals surface area contributed by atoms with Gasteiger partial charge in [0.05, 0.1) is 17.1 Å². The van der Waals surface area contributed by atoms with Crippen molar-refractivity contribution in [2.75, 3.05) is 0 Å². The van der Waals surface area contributed by atoms with E-state index in [1.165, 1.54) is 0 Å². The second-order valence-electron chi connectivity index (χ2n) is 7.99. The first-order valence-corrected chi connectivity index (χ1v) is 9.41. The lowest BCUT2D eigenvalue weighted by Gasteiger charge is -2.31. The molecule has 0 N–H and O–H groups in total. The molecule has 3 rings (SSSR count). The molecule has 0 amide bonds. The van der Waals surface area contributed by atoms with Crippen LogP contribution >= 0.6 is 0 Å². The molecule has 0 aliphatic heterocycles. The summed E-state index contributed by atoms with van der Waals surface area (Å²) >= 11 is 0. The molecular formula is C20H30N6. The lowest BCUT2D eigenvalue weighted by molar-refractivity contribution is 0.139. The van der Waals surface area contributed by atoms with Crippen LogP contribution in [-0.2, 0) is 5.79 Å². The third-order valence-electron chi connectivity index (χ3n) is 4.91. The molecule has 26 heavy (non-hydrogen) atoms. The minimum Gasteiger partial charge on any atom is -0.225 e. The molecule has 0 aliphatic carbocycles. The smallest absolute Gasteiger partial charge is 0.225 e. The molecule has 3 aromatic rings. The summed E-state index contributed by atoms with van der Waals surface area (Å²) in [6.45, 7) is 15.0. The summed E-state index contributed by atoms with van der Waals surface area (Å²) in [5.41, 5.74) is 3.18. The third kappa shape index (κ3) is 3.08. The van der Waals surface area contributed by atoms with Crippen molar-refractivity contribution in [3.05, 3.63) is 53.9 Å². The summed E-state index contributed by atoms with van der Waals surface area (Å²) in [4.78, 5) is 0. The zero-order valence-corrected chi connectivity index (χ0v) is 16.9. The highest BCUT2D eigenvalue weighted by Gasteiger charge is 2.34. The van der Waals surface area contributed by atoms with E-state index in [0.717, 1.165) is 17.1 Å². The fourth-order valence-electron chi connectivity index (χ4n) is 2.96. The SMILES string of the molecule is CC(C)c1ccn(C(C)(n2ccc(C(C)C)n2)n2ccc(C(C)C)n2)n1. The average Bonchev–Trinajstić information content (AvgIpc) is 3.33. The highest BCUT2D eigenvalue weighted by atomic mass is 15.6. The normalized spacial score (nSPS) is 12.7. The summed E-state index contributed by atoms with van der Waals surface area (Å²) in [6, 6.07) is 6.22. The van der Waals surface area contributed by atoms with Gasteiger partial charge < -0.3 is 0 Å². The summed E-state index contributed by atoms with van der Waals surface area (Å²) in [7, 11) is 0. The van der Waals surface area contributed by atoms with Gasteiger partial charge in [0.25, 0.3) is 0 Å². The standard InChI is InChI=1S/C20H30N6/c1-14(2)17-8-11-24(21-17)20(7,25-12-9-18(22-25)15(3)4)26-13-10-19(23-26)16(5)6/h8-16H,1-7H3. The Morgan fingerprint density at radius 2 is 0.885 bits per heavy atom. The molecule has 0 saturated heterocycles. The van der Waals surface area contributed by atoms with Crippen LogP contribution < -0.4 is 0 Å². The van der Waals surface area contributed by atoms with E-state index in [4.69, 9.17) is 15.3 Å². The Kier molecular flexibility index (Phi) is 4.78. The monoisotopic (exact) mass is 354 g/mol. The van der Waals surface area contributed by atoms with Crippen molar-refractivity contribution in [1.82, 2.24) is 29.3 Å². The van der Waals surface area contributed by atoms with Crippen molar-refractivity contribution in [3.63, 3.8) is 0 Å². The van der Waals surface area contributed by atoms with E-state index in [-0.39, 0.29) is 0 Å². The molecule has 0 bridgehead atoms. The molecule has 0 spiro atoms. The summed E-state index contributed by atoms with van der Waals surface area (Å²) in [5.74, 6) is 0.419. The van der Waals surface area contributed by atoms with E-state index in [9.17, 15) is 0 Å². The fourth-order valence-corrected chi connectivity index (χ4v) is 2.96. The van der Waals surface area contributed by atoms with E-state index < -0.39 is 5.79 Å². The van der Waals surface area contributed by atoms with Crippen molar-refractivity contribution in [2.24, 2.45) is 0 Å². The molecule has 0 aromatic carbocycles. The molecule has 0 atom stereocenters. The van der Waals surface area contributed by atoms with E-state index in [1.54, 1.807) is 0 Å². The van der Waals surface area contributed by atoms with Gasteiger partial charge in [0.2, 0.25) is 5.79 Å². The minimum absolute atomic E-state index is 0.369. The summed E-state index contributed by atoms with van der Waals surface area (Å²) in [6.07, 6.45) is 6.05. The van der Waals surface area contributed by atoms with E-state index in [0.29, 0.717) is 17.8 Å². The van der Waals surface area contributed by atoms with Crippen LogP contribution in [0.15, 0.2) is 36.8 Å². The largest absolute Gasteiger partial charge is 0.245 e. The van der Waals surface area contributed by atoms with Crippen LogP contribution in [0.25, 0.3) is 0 Å². The maximum atomic E-state index is 4.84. The van der Waals surface area contributed by atoms with E-state index >= 15 is 0 Å². The van der Waals surface area contributed by atoms with Crippen LogP contribution in [-0.4, -0.2) is 29.3 Å². The van der Waals surface area contributed by atoms with Crippen molar-refractivity contribution >= 4 is 0 Å². The van der Waals surface area contributed by atoms with Crippen LogP contribution in [0.5, 0.6) is 0 Å². The van der Waals surface area contributed by atoms with Gasteiger partial charge in [-0.1, -0.05) is 41.5 Å². The molecule has 3 heterocycles. The Hall–Kier alpha value is -2.37. The van der Waals surface area contributed by atoms with Crippen molar-refractivity contribution in [2.45, 2.75) is 72.0 Å². The lowest BCUT2D eigenvalue weighted by Crippen LogP contribution is -2.46. The quantitative estimate of drug-likeness (QED) is 0.660. The third-order valence-corrected chi connectivity index (χ3v) is 4.91. The number of nitrogens with zero attached hydrogens (tertiary/aromatic N) is 6. The van der Waals surface area contributed by atoms with E-state index in [2.05, 4.69) is 66.7 Å². The van der Waals surface area contributed by atoms with Crippen LogP contribution in [0.2, 0.25) is 0 Å². The molecule has 3 aromatic heterocycles. The van der Waals surface area contributed by atoms with Gasteiger partial charge in [-0.3, -0.25) is 0 Å². The van der Waals surface area contributed by atoms with Gasteiger partial charge in [0, 0.05) is 25.5 Å². The van der Waals surface area contributed by atoms with Gasteiger partial charge >= 0.3 is 0 Å². The molecule has 6 nitrogen and oxygen atoms in total. The molecule has 0 unspecified atom stereocenters. The number of hydrogen-bond acceptors (Lipinski definition) is 3. The number of rotatable bonds is 6. The highest BCUT2D eigenvalue weighted by Crippen LogP contribution is 2.25.